The first-order chi connectivity index (χ1) is 10.6. The van der Waals surface area contributed by atoms with E-state index in [2.05, 4.69) is 37.2 Å². The summed E-state index contributed by atoms with van der Waals surface area (Å²) in [5.41, 5.74) is -1.67. The molecule has 10 heteroatoms. The van der Waals surface area contributed by atoms with Gasteiger partial charge in [0.15, 0.2) is 0 Å². The van der Waals surface area contributed by atoms with Crippen LogP contribution in [-0.2, 0) is 15.8 Å². The number of aliphatic hydroxyl groups excluding tert-OH is 1. The highest BCUT2D eigenvalue weighted by Gasteiger charge is 2.37. The lowest BCUT2D eigenvalue weighted by molar-refractivity contribution is -0.138. The second-order valence-electron chi connectivity index (χ2n) is 4.51. The van der Waals surface area contributed by atoms with Gasteiger partial charge >= 0.3 is 6.18 Å². The Hall–Kier alpha value is -1.39. The van der Waals surface area contributed by atoms with Gasteiger partial charge in [-0.05, 0) is 28.1 Å². The topological polar surface area (TPSA) is 69.6 Å². The zero-order valence-electron chi connectivity index (χ0n) is 11.2. The summed E-state index contributed by atoms with van der Waals surface area (Å²) < 4.78 is 39.7. The first kappa shape index (κ1) is 18.0. The number of benzene rings is 1. The number of amides is 2. The molecule has 0 saturated heterocycles. The van der Waals surface area contributed by atoms with Gasteiger partial charge in [-0.2, -0.15) is 13.2 Å². The summed E-state index contributed by atoms with van der Waals surface area (Å²) in [5.74, 6) is -1.50. The van der Waals surface area contributed by atoms with Crippen molar-refractivity contribution in [2.24, 2.45) is 0 Å². The molecular weight excluding hydrogens is 449 g/mol. The molecule has 1 aromatic rings. The van der Waals surface area contributed by atoms with Crippen molar-refractivity contribution < 1.29 is 27.9 Å². The van der Waals surface area contributed by atoms with Crippen molar-refractivity contribution in [3.8, 4) is 0 Å². The largest absolute Gasteiger partial charge is 0.418 e. The lowest BCUT2D eigenvalue weighted by Crippen LogP contribution is -2.34. The van der Waals surface area contributed by atoms with Crippen LogP contribution in [-0.4, -0.2) is 35.0 Å². The highest BCUT2D eigenvalue weighted by atomic mass is 79.9. The molecule has 1 aromatic carbocycles. The fourth-order valence-corrected chi connectivity index (χ4v) is 3.29. The molecule has 1 aliphatic rings. The van der Waals surface area contributed by atoms with Crippen molar-refractivity contribution in [3.05, 3.63) is 38.4 Å². The Balaban J connectivity index is 2.40. The van der Waals surface area contributed by atoms with Crippen LogP contribution in [0.5, 0.6) is 0 Å². The summed E-state index contributed by atoms with van der Waals surface area (Å²) in [6.45, 7) is -0.665. The molecule has 2 N–H and O–H groups in total. The SMILES string of the molecule is O=C1C=C(Nc2c(Br)cc(Br)cc2C(F)(F)F)C(=O)N1CCO. The zero-order valence-corrected chi connectivity index (χ0v) is 14.4. The molecule has 0 radical (unpaired) electrons. The van der Waals surface area contributed by atoms with Crippen molar-refractivity contribution in [2.75, 3.05) is 18.5 Å². The third-order valence-corrected chi connectivity index (χ3v) is 4.04. The van der Waals surface area contributed by atoms with Crippen LogP contribution in [0.15, 0.2) is 32.9 Å². The maximum atomic E-state index is 13.2. The molecule has 1 aliphatic heterocycles. The van der Waals surface area contributed by atoms with E-state index in [1.165, 1.54) is 6.07 Å². The minimum Gasteiger partial charge on any atom is -0.395 e. The number of hydrogen-bond donors (Lipinski definition) is 2. The average Bonchev–Trinajstić information content (AvgIpc) is 2.68. The highest BCUT2D eigenvalue weighted by Crippen LogP contribution is 2.41. The molecular formula is C13H9Br2F3N2O3. The summed E-state index contributed by atoms with van der Waals surface area (Å²) in [5, 5.41) is 11.2. The summed E-state index contributed by atoms with van der Waals surface area (Å²) in [7, 11) is 0. The van der Waals surface area contributed by atoms with Gasteiger partial charge in [0.1, 0.15) is 5.70 Å². The number of carbonyl (C=O) groups is 2. The van der Waals surface area contributed by atoms with Gasteiger partial charge in [-0.3, -0.25) is 14.5 Å². The molecule has 0 bridgehead atoms. The summed E-state index contributed by atoms with van der Waals surface area (Å²) in [4.78, 5) is 24.4. The van der Waals surface area contributed by atoms with Gasteiger partial charge in [0.25, 0.3) is 11.8 Å². The maximum absolute atomic E-state index is 13.2. The molecule has 2 rings (SSSR count). The molecule has 0 fully saturated rings. The standard InChI is InChI=1S/C13H9Br2F3N2O3/c14-6-3-7(13(16,17)18)11(8(15)4-6)19-9-5-10(22)20(1-2-21)12(9)23/h3-5,19,21H,1-2H2. The van der Waals surface area contributed by atoms with Gasteiger partial charge in [0, 0.05) is 15.0 Å². The van der Waals surface area contributed by atoms with E-state index in [0.29, 0.717) is 0 Å². The molecule has 2 amide bonds. The van der Waals surface area contributed by atoms with Crippen molar-refractivity contribution in [2.45, 2.75) is 6.18 Å². The first-order valence-corrected chi connectivity index (χ1v) is 7.75. The second kappa shape index (κ2) is 6.62. The van der Waals surface area contributed by atoms with E-state index in [-0.39, 0.29) is 26.9 Å². The normalized spacial score (nSPS) is 15.2. The minimum absolute atomic E-state index is 0.0703. The number of aliphatic hydroxyl groups is 1. The predicted molar refractivity (Wildman–Crippen MR) is 82.4 cm³/mol. The van der Waals surface area contributed by atoms with Crippen molar-refractivity contribution in [1.29, 1.82) is 0 Å². The number of halogens is 5. The predicted octanol–water partition coefficient (Wildman–Crippen LogP) is 2.89. The van der Waals surface area contributed by atoms with E-state index in [9.17, 15) is 22.8 Å². The molecule has 0 spiro atoms. The van der Waals surface area contributed by atoms with Gasteiger partial charge in [-0.25, -0.2) is 0 Å². The van der Waals surface area contributed by atoms with Crippen LogP contribution in [0.2, 0.25) is 0 Å². The van der Waals surface area contributed by atoms with Crippen LogP contribution >= 0.6 is 31.9 Å². The van der Waals surface area contributed by atoms with Gasteiger partial charge in [0.2, 0.25) is 0 Å². The fourth-order valence-electron chi connectivity index (χ4n) is 1.97. The Morgan fingerprint density at radius 1 is 1.22 bits per heavy atom. The summed E-state index contributed by atoms with van der Waals surface area (Å²) >= 11 is 5.98. The van der Waals surface area contributed by atoms with Crippen molar-refractivity contribution >= 4 is 49.4 Å². The van der Waals surface area contributed by atoms with Gasteiger partial charge < -0.3 is 10.4 Å². The number of nitrogens with one attached hydrogen (secondary N) is 1. The van der Waals surface area contributed by atoms with E-state index in [1.54, 1.807) is 0 Å². The van der Waals surface area contributed by atoms with Crippen molar-refractivity contribution in [3.63, 3.8) is 0 Å². The zero-order chi connectivity index (χ0) is 17.4. The number of rotatable bonds is 4. The van der Waals surface area contributed by atoms with Crippen LogP contribution in [0.25, 0.3) is 0 Å². The summed E-state index contributed by atoms with van der Waals surface area (Å²) in [6, 6.07) is 2.24. The fraction of sp³-hybridized carbons (Fsp3) is 0.231. The number of β-amino-alcohol motifs (C(OH)–C–C–N with tert-alkyl or cyclic N) is 1. The van der Waals surface area contributed by atoms with Gasteiger partial charge in [-0.15, -0.1) is 0 Å². The Morgan fingerprint density at radius 3 is 2.43 bits per heavy atom. The molecule has 0 aromatic heterocycles. The minimum atomic E-state index is -4.66. The lowest BCUT2D eigenvalue weighted by atomic mass is 10.1. The molecule has 1 heterocycles. The second-order valence-corrected chi connectivity index (χ2v) is 6.28. The molecule has 0 saturated carbocycles. The molecule has 0 unspecified atom stereocenters. The monoisotopic (exact) mass is 456 g/mol. The molecule has 5 nitrogen and oxygen atoms in total. The third-order valence-electron chi connectivity index (χ3n) is 2.95. The van der Waals surface area contributed by atoms with Crippen LogP contribution in [0.3, 0.4) is 0 Å². The Kier molecular flexibility index (Phi) is 5.17. The van der Waals surface area contributed by atoms with Crippen molar-refractivity contribution in [1.82, 2.24) is 4.90 Å². The maximum Gasteiger partial charge on any atom is 0.418 e. The lowest BCUT2D eigenvalue weighted by Gasteiger charge is -2.18. The smallest absolute Gasteiger partial charge is 0.395 e. The number of imide groups is 1. The van der Waals surface area contributed by atoms with Crippen LogP contribution in [0.1, 0.15) is 5.56 Å². The number of anilines is 1. The highest BCUT2D eigenvalue weighted by molar-refractivity contribution is 9.11. The molecule has 124 valence electrons. The van der Waals surface area contributed by atoms with E-state index in [1.807, 2.05) is 0 Å². The number of alkyl halides is 3. The quantitative estimate of drug-likeness (QED) is 0.682. The molecule has 0 aliphatic carbocycles. The van der Waals surface area contributed by atoms with Crippen LogP contribution in [0.4, 0.5) is 18.9 Å². The summed E-state index contributed by atoms with van der Waals surface area (Å²) in [6.07, 6.45) is -3.77. The molecule has 0 atom stereocenters. The Labute approximate surface area is 145 Å². The number of carbonyl (C=O) groups excluding carboxylic acids is 2. The number of nitrogens with zero attached hydrogens (tertiary/aromatic N) is 1. The average molecular weight is 458 g/mol. The van der Waals surface area contributed by atoms with E-state index in [0.717, 1.165) is 17.0 Å². The van der Waals surface area contributed by atoms with E-state index < -0.39 is 30.2 Å². The number of hydrogen-bond acceptors (Lipinski definition) is 4. The first-order valence-electron chi connectivity index (χ1n) is 6.16. The third kappa shape index (κ3) is 3.75. The van der Waals surface area contributed by atoms with Gasteiger partial charge in [-0.1, -0.05) is 15.9 Å². The van der Waals surface area contributed by atoms with E-state index >= 15 is 0 Å². The molecule has 23 heavy (non-hydrogen) atoms. The van der Waals surface area contributed by atoms with E-state index in [4.69, 9.17) is 5.11 Å². The van der Waals surface area contributed by atoms with Gasteiger partial charge in [0.05, 0.1) is 24.4 Å². The van der Waals surface area contributed by atoms with Crippen LogP contribution in [0, 0.1) is 0 Å². The Morgan fingerprint density at radius 2 is 1.87 bits per heavy atom. The Bertz CT molecular complexity index is 704. The van der Waals surface area contributed by atoms with Crippen LogP contribution < -0.4 is 5.32 Å².